The number of carbonyl (C=O) groups excluding carboxylic acids is 1. The second-order valence-corrected chi connectivity index (χ2v) is 5.16. The van der Waals surface area contributed by atoms with Gasteiger partial charge in [0.2, 0.25) is 0 Å². The highest BCUT2D eigenvalue weighted by molar-refractivity contribution is 6.38. The van der Waals surface area contributed by atoms with E-state index < -0.39 is 0 Å². The van der Waals surface area contributed by atoms with Crippen molar-refractivity contribution >= 4 is 17.8 Å². The molecule has 0 saturated carbocycles. The van der Waals surface area contributed by atoms with E-state index in [1.165, 1.54) is 0 Å². The number of amides is 1. The van der Waals surface area contributed by atoms with Crippen molar-refractivity contribution in [2.45, 2.75) is 46.6 Å². The van der Waals surface area contributed by atoms with Gasteiger partial charge in [-0.2, -0.15) is 0 Å². The molecule has 0 unspecified atom stereocenters. The molecule has 0 aromatic carbocycles. The first-order chi connectivity index (χ1) is 9.95. The van der Waals surface area contributed by atoms with E-state index in [1.54, 1.807) is 13.1 Å². The quantitative estimate of drug-likeness (QED) is 0.625. The standard InChI is InChI=1S/C16H25N3O2/c1-6-17-12(4)15(11(2)3)18-13(5)16(20)19-14-7-9-21-10-8-14/h6,14H,2,7-10H2,1,3-5H3,(H,19,20)/b15-12+,17-6-,18-13+. The van der Waals surface area contributed by atoms with Crippen molar-refractivity contribution in [3.63, 3.8) is 0 Å². The Morgan fingerprint density at radius 1 is 1.29 bits per heavy atom. The molecule has 1 rings (SSSR count). The number of nitrogens with one attached hydrogen (secondary N) is 1. The van der Waals surface area contributed by atoms with Gasteiger partial charge in [-0.05, 0) is 46.1 Å². The maximum atomic E-state index is 12.2. The Morgan fingerprint density at radius 2 is 1.90 bits per heavy atom. The SMILES string of the molecule is C=C(C)C(/N=C(\C)C(=O)NC1CCOCC1)=C(C)\N=C/C. The van der Waals surface area contributed by atoms with Crippen LogP contribution >= 0.6 is 0 Å². The third kappa shape index (κ3) is 5.63. The van der Waals surface area contributed by atoms with Crippen LogP contribution in [0.25, 0.3) is 0 Å². The summed E-state index contributed by atoms with van der Waals surface area (Å²) >= 11 is 0. The number of aliphatic imine (C=N–C) groups is 2. The molecule has 1 aliphatic heterocycles. The summed E-state index contributed by atoms with van der Waals surface area (Å²) in [6, 6.07) is 0.170. The first-order valence-corrected chi connectivity index (χ1v) is 7.25. The highest BCUT2D eigenvalue weighted by Gasteiger charge is 2.17. The molecule has 0 aromatic heterocycles. The topological polar surface area (TPSA) is 63.0 Å². The van der Waals surface area contributed by atoms with Crippen molar-refractivity contribution in [2.24, 2.45) is 9.98 Å². The minimum atomic E-state index is -0.145. The van der Waals surface area contributed by atoms with Gasteiger partial charge in [0.25, 0.3) is 5.91 Å². The normalized spacial score (nSPS) is 18.6. The lowest BCUT2D eigenvalue weighted by Crippen LogP contribution is -2.41. The summed E-state index contributed by atoms with van der Waals surface area (Å²) in [6.07, 6.45) is 3.40. The van der Waals surface area contributed by atoms with Crippen LogP contribution in [0.3, 0.4) is 0 Å². The van der Waals surface area contributed by atoms with Gasteiger partial charge in [-0.3, -0.25) is 9.79 Å². The van der Waals surface area contributed by atoms with Crippen LogP contribution in [0.15, 0.2) is 33.5 Å². The molecule has 1 aliphatic rings. The second kappa shape index (κ2) is 8.52. The summed E-state index contributed by atoms with van der Waals surface area (Å²) in [5, 5.41) is 2.99. The molecule has 5 heteroatoms. The van der Waals surface area contributed by atoms with E-state index in [9.17, 15) is 4.79 Å². The average Bonchev–Trinajstić information content (AvgIpc) is 2.45. The molecule has 1 N–H and O–H groups in total. The predicted molar refractivity (Wildman–Crippen MR) is 86.8 cm³/mol. The van der Waals surface area contributed by atoms with Crippen LogP contribution in [0.4, 0.5) is 0 Å². The zero-order chi connectivity index (χ0) is 15.8. The Bertz CT molecular complexity index is 484. The summed E-state index contributed by atoms with van der Waals surface area (Å²) in [5.41, 5.74) is 2.62. The van der Waals surface area contributed by atoms with Crippen LogP contribution in [0.5, 0.6) is 0 Å². The van der Waals surface area contributed by atoms with Crippen LogP contribution < -0.4 is 5.32 Å². The molecule has 0 bridgehead atoms. The van der Waals surface area contributed by atoms with Crippen molar-refractivity contribution in [1.82, 2.24) is 5.32 Å². The number of ether oxygens (including phenoxy) is 1. The Morgan fingerprint density at radius 3 is 2.43 bits per heavy atom. The molecule has 1 fully saturated rings. The highest BCUT2D eigenvalue weighted by atomic mass is 16.5. The van der Waals surface area contributed by atoms with Crippen molar-refractivity contribution in [2.75, 3.05) is 13.2 Å². The smallest absolute Gasteiger partial charge is 0.265 e. The second-order valence-electron chi connectivity index (χ2n) is 5.16. The predicted octanol–water partition coefficient (Wildman–Crippen LogP) is 2.64. The molecule has 5 nitrogen and oxygen atoms in total. The van der Waals surface area contributed by atoms with E-state index in [4.69, 9.17) is 4.74 Å². The number of allylic oxidation sites excluding steroid dienone is 2. The minimum Gasteiger partial charge on any atom is -0.381 e. The number of carbonyl (C=O) groups is 1. The maximum absolute atomic E-state index is 12.2. The molecular formula is C16H25N3O2. The monoisotopic (exact) mass is 291 g/mol. The third-order valence-corrected chi connectivity index (χ3v) is 3.23. The van der Waals surface area contributed by atoms with Gasteiger partial charge in [0.05, 0.1) is 11.4 Å². The van der Waals surface area contributed by atoms with Gasteiger partial charge in [0.15, 0.2) is 0 Å². The van der Waals surface area contributed by atoms with Gasteiger partial charge >= 0.3 is 0 Å². The van der Waals surface area contributed by atoms with Crippen molar-refractivity contribution in [3.05, 3.63) is 23.5 Å². The van der Waals surface area contributed by atoms with Gasteiger partial charge in [-0.15, -0.1) is 0 Å². The molecule has 116 valence electrons. The maximum Gasteiger partial charge on any atom is 0.265 e. The first kappa shape index (κ1) is 17.3. The third-order valence-electron chi connectivity index (χ3n) is 3.23. The van der Waals surface area contributed by atoms with E-state index in [2.05, 4.69) is 21.9 Å². The molecule has 0 aliphatic carbocycles. The van der Waals surface area contributed by atoms with Gasteiger partial charge in [0.1, 0.15) is 5.71 Å². The van der Waals surface area contributed by atoms with Gasteiger partial charge in [-0.25, -0.2) is 4.99 Å². The molecule has 1 amide bonds. The molecule has 0 atom stereocenters. The zero-order valence-corrected chi connectivity index (χ0v) is 13.4. The van der Waals surface area contributed by atoms with Crippen LogP contribution in [0.1, 0.15) is 40.5 Å². The number of nitrogens with zero attached hydrogens (tertiary/aromatic N) is 2. The lowest BCUT2D eigenvalue weighted by molar-refractivity contribution is -0.116. The van der Waals surface area contributed by atoms with Crippen molar-refractivity contribution in [3.8, 4) is 0 Å². The molecular weight excluding hydrogens is 266 g/mol. The van der Waals surface area contributed by atoms with Crippen molar-refractivity contribution in [1.29, 1.82) is 0 Å². The lowest BCUT2D eigenvalue weighted by Gasteiger charge is -2.23. The zero-order valence-electron chi connectivity index (χ0n) is 13.4. The Kier molecular flexibility index (Phi) is 7.02. The molecule has 0 radical (unpaired) electrons. The summed E-state index contributed by atoms with van der Waals surface area (Å²) in [5.74, 6) is -0.145. The van der Waals surface area contributed by atoms with E-state index >= 15 is 0 Å². The lowest BCUT2D eigenvalue weighted by atomic mass is 10.1. The fourth-order valence-electron chi connectivity index (χ4n) is 2.09. The van der Waals surface area contributed by atoms with Gasteiger partial charge in [0, 0.05) is 25.5 Å². The first-order valence-electron chi connectivity index (χ1n) is 7.25. The number of rotatable bonds is 5. The van der Waals surface area contributed by atoms with Crippen LogP contribution in [-0.4, -0.2) is 37.1 Å². The molecule has 1 saturated heterocycles. The van der Waals surface area contributed by atoms with E-state index in [0.717, 1.165) is 24.1 Å². The Labute approximate surface area is 126 Å². The van der Waals surface area contributed by atoms with Crippen LogP contribution in [0, 0.1) is 0 Å². The van der Waals surface area contributed by atoms with E-state index in [1.807, 2.05) is 20.8 Å². The summed E-state index contributed by atoms with van der Waals surface area (Å²) in [4.78, 5) is 20.8. The van der Waals surface area contributed by atoms with E-state index in [-0.39, 0.29) is 11.9 Å². The van der Waals surface area contributed by atoms with Gasteiger partial charge in [-0.1, -0.05) is 6.58 Å². The van der Waals surface area contributed by atoms with Gasteiger partial charge < -0.3 is 10.1 Å². The van der Waals surface area contributed by atoms with Crippen LogP contribution in [-0.2, 0) is 9.53 Å². The fraction of sp³-hybridized carbons (Fsp3) is 0.562. The Hall–Kier alpha value is -1.75. The van der Waals surface area contributed by atoms with Crippen LogP contribution in [0.2, 0.25) is 0 Å². The summed E-state index contributed by atoms with van der Waals surface area (Å²) in [7, 11) is 0. The Balaban J connectivity index is 2.82. The summed E-state index contributed by atoms with van der Waals surface area (Å²) in [6.45, 7) is 12.6. The number of hydrogen-bond acceptors (Lipinski definition) is 4. The van der Waals surface area contributed by atoms with E-state index in [0.29, 0.717) is 24.6 Å². The molecule has 0 spiro atoms. The highest BCUT2D eigenvalue weighted by Crippen LogP contribution is 2.16. The molecule has 21 heavy (non-hydrogen) atoms. The minimum absolute atomic E-state index is 0.145. The largest absolute Gasteiger partial charge is 0.381 e. The summed E-state index contributed by atoms with van der Waals surface area (Å²) < 4.78 is 5.28. The average molecular weight is 291 g/mol. The van der Waals surface area contributed by atoms with Crippen molar-refractivity contribution < 1.29 is 9.53 Å². The molecule has 0 aromatic rings. The molecule has 1 heterocycles. The fourth-order valence-corrected chi connectivity index (χ4v) is 2.09. The number of hydrogen-bond donors (Lipinski definition) is 1.